The third-order valence-corrected chi connectivity index (χ3v) is 3.42. The smallest absolute Gasteiger partial charge is 0.250 e. The zero-order valence-electron chi connectivity index (χ0n) is 11.4. The van der Waals surface area contributed by atoms with Gasteiger partial charge in [-0.2, -0.15) is 4.68 Å². The molecule has 0 amide bonds. The van der Waals surface area contributed by atoms with Crippen molar-refractivity contribution in [1.29, 1.82) is 0 Å². The molecule has 1 fully saturated rings. The van der Waals surface area contributed by atoms with E-state index in [-0.39, 0.29) is 12.1 Å². The average Bonchev–Trinajstić information content (AvgIpc) is 2.98. The molecule has 2 atom stereocenters. The molecule has 2 aromatic rings. The van der Waals surface area contributed by atoms with E-state index in [1.165, 1.54) is 0 Å². The molecule has 0 spiro atoms. The number of ether oxygens (including phenoxy) is 1. The molecule has 3 rings (SSSR count). The van der Waals surface area contributed by atoms with Crippen LogP contribution in [-0.2, 0) is 4.74 Å². The Hall–Kier alpha value is -1.99. The number of benzene rings is 1. The largest absolute Gasteiger partial charge is 0.373 e. The molecule has 106 valence electrons. The topological polar surface area (TPSA) is 82.1 Å². The predicted molar refractivity (Wildman–Crippen MR) is 74.8 cm³/mol. The Bertz CT molecular complexity index is 555. The van der Waals surface area contributed by atoms with E-state index in [4.69, 9.17) is 10.5 Å². The van der Waals surface area contributed by atoms with Gasteiger partial charge in [0, 0.05) is 19.1 Å². The van der Waals surface area contributed by atoms with E-state index in [9.17, 15) is 0 Å². The minimum absolute atomic E-state index is 0.00433. The highest BCUT2D eigenvalue weighted by atomic mass is 16.5. The highest BCUT2D eigenvalue weighted by molar-refractivity contribution is 5.40. The minimum atomic E-state index is -0.0149. The van der Waals surface area contributed by atoms with Gasteiger partial charge in [0.2, 0.25) is 0 Å². The molecule has 0 aliphatic carbocycles. The maximum Gasteiger partial charge on any atom is 0.250 e. The summed E-state index contributed by atoms with van der Waals surface area (Å²) in [4.78, 5) is 2.12. The fourth-order valence-electron chi connectivity index (χ4n) is 2.29. The van der Waals surface area contributed by atoms with Gasteiger partial charge < -0.3 is 15.4 Å². The number of para-hydroxylation sites is 1. The molecular formula is C13H18N6O. The Morgan fingerprint density at radius 1 is 1.35 bits per heavy atom. The lowest BCUT2D eigenvalue weighted by Crippen LogP contribution is -2.50. The number of rotatable bonds is 3. The summed E-state index contributed by atoms with van der Waals surface area (Å²) in [7, 11) is 0. The number of anilines is 1. The van der Waals surface area contributed by atoms with Crippen LogP contribution >= 0.6 is 0 Å². The molecule has 2 N–H and O–H groups in total. The van der Waals surface area contributed by atoms with Crippen LogP contribution in [0.15, 0.2) is 30.3 Å². The zero-order valence-corrected chi connectivity index (χ0v) is 11.4. The van der Waals surface area contributed by atoms with Crippen molar-refractivity contribution >= 4 is 5.95 Å². The first-order chi connectivity index (χ1) is 9.75. The van der Waals surface area contributed by atoms with Crippen LogP contribution in [0.4, 0.5) is 5.95 Å². The highest BCUT2D eigenvalue weighted by Gasteiger charge is 2.26. The van der Waals surface area contributed by atoms with Gasteiger partial charge in [0.15, 0.2) is 0 Å². The molecule has 0 radical (unpaired) electrons. The maximum absolute atomic E-state index is 5.92. The molecule has 20 heavy (non-hydrogen) atoms. The second-order valence-corrected chi connectivity index (χ2v) is 4.94. The molecule has 2 heterocycles. The van der Waals surface area contributed by atoms with Crippen molar-refractivity contribution in [3.8, 4) is 5.69 Å². The number of hydrogen-bond acceptors (Lipinski definition) is 6. The molecule has 1 aliphatic rings. The summed E-state index contributed by atoms with van der Waals surface area (Å²) in [5.74, 6) is 0.727. The van der Waals surface area contributed by atoms with Gasteiger partial charge in [0.05, 0.1) is 18.4 Å². The number of hydrogen-bond donors (Lipinski definition) is 1. The second kappa shape index (κ2) is 5.56. The van der Waals surface area contributed by atoms with Crippen LogP contribution < -0.4 is 10.6 Å². The molecule has 1 aromatic heterocycles. The van der Waals surface area contributed by atoms with E-state index in [1.54, 1.807) is 4.68 Å². The molecule has 2 unspecified atom stereocenters. The third kappa shape index (κ3) is 2.50. The van der Waals surface area contributed by atoms with Crippen molar-refractivity contribution in [3.63, 3.8) is 0 Å². The van der Waals surface area contributed by atoms with Crippen molar-refractivity contribution in [3.05, 3.63) is 30.3 Å². The number of morpholine rings is 1. The van der Waals surface area contributed by atoms with Gasteiger partial charge in [-0.25, -0.2) is 0 Å². The van der Waals surface area contributed by atoms with Crippen LogP contribution in [0.5, 0.6) is 0 Å². The summed E-state index contributed by atoms with van der Waals surface area (Å²) < 4.78 is 7.41. The molecule has 1 aliphatic heterocycles. The lowest BCUT2D eigenvalue weighted by molar-refractivity contribution is 0.0269. The molecular weight excluding hydrogens is 256 g/mol. The third-order valence-electron chi connectivity index (χ3n) is 3.42. The Labute approximate surface area is 117 Å². The van der Waals surface area contributed by atoms with Gasteiger partial charge in [-0.15, -0.1) is 0 Å². The second-order valence-electron chi connectivity index (χ2n) is 4.94. The summed E-state index contributed by atoms with van der Waals surface area (Å²) in [6, 6.07) is 9.83. The van der Waals surface area contributed by atoms with Gasteiger partial charge in [-0.3, -0.25) is 0 Å². The fraction of sp³-hybridized carbons (Fsp3) is 0.462. The summed E-state index contributed by atoms with van der Waals surface area (Å²) in [6.07, 6.45) is 0.00433. The maximum atomic E-state index is 5.92. The lowest BCUT2D eigenvalue weighted by Gasteiger charge is -2.34. The van der Waals surface area contributed by atoms with Gasteiger partial charge in [-0.05, 0) is 29.5 Å². The first-order valence-electron chi connectivity index (χ1n) is 6.71. The summed E-state index contributed by atoms with van der Waals surface area (Å²) >= 11 is 0. The van der Waals surface area contributed by atoms with Crippen molar-refractivity contribution in [2.45, 2.75) is 19.1 Å². The first-order valence-corrected chi connectivity index (χ1v) is 6.71. The fourth-order valence-corrected chi connectivity index (χ4v) is 2.29. The molecule has 0 saturated carbocycles. The average molecular weight is 274 g/mol. The van der Waals surface area contributed by atoms with Crippen molar-refractivity contribution in [2.24, 2.45) is 5.73 Å². The Morgan fingerprint density at radius 2 is 2.15 bits per heavy atom. The monoisotopic (exact) mass is 274 g/mol. The standard InChI is InChI=1S/C13H18N6O/c1-10(14)12-9-18(7-8-20-12)13-15-16-17-19(13)11-5-3-2-4-6-11/h2-6,10,12H,7-9,14H2,1H3. The van der Waals surface area contributed by atoms with Crippen LogP contribution in [-0.4, -0.2) is 52.0 Å². The number of nitrogens with two attached hydrogens (primary N) is 1. The van der Waals surface area contributed by atoms with Crippen LogP contribution in [0, 0.1) is 0 Å². The number of tetrazole rings is 1. The number of aromatic nitrogens is 4. The van der Waals surface area contributed by atoms with Crippen molar-refractivity contribution in [1.82, 2.24) is 20.2 Å². The molecule has 7 heteroatoms. The van der Waals surface area contributed by atoms with E-state index in [0.29, 0.717) is 13.2 Å². The Kier molecular flexibility index (Phi) is 3.62. The molecule has 1 saturated heterocycles. The lowest BCUT2D eigenvalue weighted by atomic mass is 10.1. The minimum Gasteiger partial charge on any atom is -0.373 e. The van der Waals surface area contributed by atoms with Gasteiger partial charge in [-0.1, -0.05) is 23.3 Å². The van der Waals surface area contributed by atoms with E-state index >= 15 is 0 Å². The van der Waals surface area contributed by atoms with E-state index < -0.39 is 0 Å². The van der Waals surface area contributed by atoms with Crippen LogP contribution in [0.25, 0.3) is 5.69 Å². The normalized spacial score (nSPS) is 20.9. The van der Waals surface area contributed by atoms with E-state index in [1.807, 2.05) is 37.3 Å². The van der Waals surface area contributed by atoms with Crippen LogP contribution in [0.3, 0.4) is 0 Å². The highest BCUT2D eigenvalue weighted by Crippen LogP contribution is 2.18. The van der Waals surface area contributed by atoms with E-state index in [0.717, 1.165) is 18.2 Å². The summed E-state index contributed by atoms with van der Waals surface area (Å²) in [5, 5.41) is 12.0. The van der Waals surface area contributed by atoms with Crippen LogP contribution in [0.1, 0.15) is 6.92 Å². The SMILES string of the molecule is CC(N)C1CN(c2nnnn2-c2ccccc2)CCO1. The van der Waals surface area contributed by atoms with Crippen molar-refractivity contribution in [2.75, 3.05) is 24.6 Å². The predicted octanol–water partition coefficient (Wildman–Crippen LogP) is 0.215. The Morgan fingerprint density at radius 3 is 2.90 bits per heavy atom. The molecule has 1 aromatic carbocycles. The molecule has 7 nitrogen and oxygen atoms in total. The molecule has 0 bridgehead atoms. The van der Waals surface area contributed by atoms with Gasteiger partial charge in [0.25, 0.3) is 5.95 Å². The zero-order chi connectivity index (χ0) is 13.9. The summed E-state index contributed by atoms with van der Waals surface area (Å²) in [6.45, 7) is 4.05. The Balaban J connectivity index is 1.86. The first kappa shape index (κ1) is 13.0. The number of nitrogens with zero attached hydrogens (tertiary/aromatic N) is 5. The van der Waals surface area contributed by atoms with Gasteiger partial charge in [0.1, 0.15) is 0 Å². The quantitative estimate of drug-likeness (QED) is 0.862. The summed E-state index contributed by atoms with van der Waals surface area (Å²) in [5.41, 5.74) is 6.86. The van der Waals surface area contributed by atoms with Crippen LogP contribution in [0.2, 0.25) is 0 Å². The van der Waals surface area contributed by atoms with Gasteiger partial charge >= 0.3 is 0 Å². The van der Waals surface area contributed by atoms with Crippen molar-refractivity contribution < 1.29 is 4.74 Å². The van der Waals surface area contributed by atoms with E-state index in [2.05, 4.69) is 20.4 Å².